The molecule has 41 heavy (non-hydrogen) atoms. The largest absolute Gasteiger partial charge is 0.467 e. The molecule has 2 aliphatic rings. The molecule has 3 heterocycles. The number of esters is 4. The minimum Gasteiger partial charge on any atom is -0.467 e. The van der Waals surface area contributed by atoms with E-state index in [2.05, 4.69) is 15.0 Å². The van der Waals surface area contributed by atoms with Gasteiger partial charge in [0.15, 0.2) is 30.7 Å². The molecule has 3 rings (SSSR count). The van der Waals surface area contributed by atoms with Crippen molar-refractivity contribution in [2.45, 2.75) is 83.2 Å². The van der Waals surface area contributed by atoms with Crippen LogP contribution in [0.5, 0.6) is 0 Å². The minimum atomic E-state index is -1.67. The van der Waals surface area contributed by atoms with E-state index in [1.807, 2.05) is 0 Å². The number of aromatic amines is 1. The fraction of sp³-hybridized carbons (Fsp3) is 0.652. The molecule has 18 nitrogen and oxygen atoms in total. The Bertz CT molecular complexity index is 1340. The molecule has 0 unspecified atom stereocenters. The number of azide groups is 1. The van der Waals surface area contributed by atoms with Crippen LogP contribution in [0.25, 0.3) is 10.4 Å². The van der Waals surface area contributed by atoms with Gasteiger partial charge in [-0.15, -0.1) is 0 Å². The molecule has 0 amide bonds. The lowest BCUT2D eigenvalue weighted by molar-refractivity contribution is -0.305. The van der Waals surface area contributed by atoms with E-state index in [9.17, 15) is 28.8 Å². The Morgan fingerprint density at radius 3 is 2.24 bits per heavy atom. The molecule has 224 valence electrons. The molecular weight excluding hydrogens is 554 g/mol. The van der Waals surface area contributed by atoms with Gasteiger partial charge in [0.2, 0.25) is 0 Å². The molecule has 1 N–H and O–H groups in total. The predicted octanol–water partition coefficient (Wildman–Crippen LogP) is -0.479. The fourth-order valence-corrected chi connectivity index (χ4v) is 4.43. The minimum absolute atomic E-state index is 0.0256. The summed E-state index contributed by atoms with van der Waals surface area (Å²) in [6.45, 7) is 4.23. The average Bonchev–Trinajstić information content (AvgIpc) is 3.28. The third kappa shape index (κ3) is 7.49. The predicted molar refractivity (Wildman–Crippen MR) is 131 cm³/mol. The molecule has 2 aliphatic heterocycles. The van der Waals surface area contributed by atoms with Crippen molar-refractivity contribution >= 4 is 23.9 Å². The Labute approximate surface area is 231 Å². The van der Waals surface area contributed by atoms with Gasteiger partial charge in [-0.3, -0.25) is 28.7 Å². The molecule has 1 aromatic heterocycles. The van der Waals surface area contributed by atoms with Crippen LogP contribution in [0.1, 0.15) is 39.0 Å². The summed E-state index contributed by atoms with van der Waals surface area (Å²) in [5.74, 6) is -3.58. The van der Waals surface area contributed by atoms with Crippen LogP contribution in [0.2, 0.25) is 0 Å². The quantitative estimate of drug-likeness (QED) is 0.127. The van der Waals surface area contributed by atoms with Crippen LogP contribution in [-0.2, 0) is 52.3 Å². The molecule has 1 aromatic rings. The first-order valence-electron chi connectivity index (χ1n) is 12.2. The Morgan fingerprint density at radius 1 is 1.05 bits per heavy atom. The summed E-state index contributed by atoms with van der Waals surface area (Å²) in [6.07, 6.45) is -8.58. The van der Waals surface area contributed by atoms with Gasteiger partial charge >= 0.3 is 29.6 Å². The SMILES string of the molecule is COC(=O)[C@H]1O[C@@H](OC[C@H]2O[C@@H](n3cc(C)c(=O)[nH]c3=O)C[C@@H]2N=[N+]=[N-])[C@H](OC(C)=O)[C@@H](OC(C)=O)[C@@H]1OC(C)=O. The monoisotopic (exact) mass is 583 g/mol. The Morgan fingerprint density at radius 2 is 1.66 bits per heavy atom. The van der Waals surface area contributed by atoms with Gasteiger partial charge in [-0.1, -0.05) is 5.11 Å². The topological polar surface area (TPSA) is 237 Å². The standard InChI is InChI=1S/C23H29N5O13/c1-9-7-28(23(34)25-20(9)32)15-6-13(26-27-24)14(40-15)8-36-22-19(39-12(4)31)17(38-11(3)30)16(37-10(2)29)18(41-22)21(33)35-5/h7,13-19,22H,6,8H2,1-5H3,(H,25,32,34)/t13-,14+,15+,16-,17-,18-,19+,22+/m0/s1. The summed E-state index contributed by atoms with van der Waals surface area (Å²) < 4.78 is 39.1. The van der Waals surface area contributed by atoms with Gasteiger partial charge in [0.1, 0.15) is 6.23 Å². The highest BCUT2D eigenvalue weighted by molar-refractivity contribution is 5.77. The van der Waals surface area contributed by atoms with Gasteiger partial charge in [0, 0.05) is 43.9 Å². The van der Waals surface area contributed by atoms with Crippen molar-refractivity contribution in [2.24, 2.45) is 5.11 Å². The maximum absolute atomic E-state index is 12.6. The summed E-state index contributed by atoms with van der Waals surface area (Å²) in [5.41, 5.74) is 7.97. The van der Waals surface area contributed by atoms with Gasteiger partial charge in [-0.2, -0.15) is 0 Å². The van der Waals surface area contributed by atoms with Crippen LogP contribution in [0, 0.1) is 6.92 Å². The number of ether oxygens (including phenoxy) is 7. The summed E-state index contributed by atoms with van der Waals surface area (Å²) >= 11 is 0. The summed E-state index contributed by atoms with van der Waals surface area (Å²) in [4.78, 5) is 77.4. The van der Waals surface area contributed by atoms with Crippen LogP contribution in [0.3, 0.4) is 0 Å². The number of nitrogens with one attached hydrogen (secondary N) is 1. The zero-order valence-corrected chi connectivity index (χ0v) is 22.7. The number of carbonyl (C=O) groups excluding carboxylic acids is 4. The molecule has 2 saturated heterocycles. The molecule has 8 atom stereocenters. The normalized spacial score (nSPS) is 29.1. The second-order valence-electron chi connectivity index (χ2n) is 9.12. The molecule has 0 radical (unpaired) electrons. The van der Waals surface area contributed by atoms with Crippen LogP contribution in [0.15, 0.2) is 20.9 Å². The van der Waals surface area contributed by atoms with Gasteiger partial charge in [-0.05, 0) is 12.5 Å². The van der Waals surface area contributed by atoms with E-state index >= 15 is 0 Å². The summed E-state index contributed by atoms with van der Waals surface area (Å²) in [6, 6.07) is -0.866. The van der Waals surface area contributed by atoms with E-state index in [1.54, 1.807) is 0 Å². The highest BCUT2D eigenvalue weighted by Crippen LogP contribution is 2.33. The number of rotatable bonds is 9. The average molecular weight is 584 g/mol. The second-order valence-corrected chi connectivity index (χ2v) is 9.12. The van der Waals surface area contributed by atoms with Gasteiger partial charge in [-0.25, -0.2) is 9.59 Å². The maximum Gasteiger partial charge on any atom is 0.339 e. The van der Waals surface area contributed by atoms with E-state index in [0.717, 1.165) is 32.4 Å². The number of hydrogen-bond acceptors (Lipinski definition) is 14. The van der Waals surface area contributed by atoms with E-state index in [-0.39, 0.29) is 12.0 Å². The number of carbonyl (C=O) groups is 4. The number of aryl methyl sites for hydroxylation is 1. The lowest BCUT2D eigenvalue weighted by Crippen LogP contribution is -2.64. The zero-order chi connectivity index (χ0) is 30.4. The third-order valence-electron chi connectivity index (χ3n) is 6.12. The maximum atomic E-state index is 12.6. The van der Waals surface area contributed by atoms with E-state index in [1.165, 1.54) is 13.1 Å². The van der Waals surface area contributed by atoms with Crippen molar-refractivity contribution in [3.8, 4) is 0 Å². The molecule has 0 aliphatic carbocycles. The first-order valence-corrected chi connectivity index (χ1v) is 12.2. The van der Waals surface area contributed by atoms with E-state index in [0.29, 0.717) is 0 Å². The van der Waals surface area contributed by atoms with Gasteiger partial charge in [0.05, 0.1) is 25.9 Å². The number of methoxy groups -OCH3 is 1. The van der Waals surface area contributed by atoms with Crippen molar-refractivity contribution in [1.29, 1.82) is 0 Å². The van der Waals surface area contributed by atoms with Crippen LogP contribution in [0.4, 0.5) is 0 Å². The van der Waals surface area contributed by atoms with Crippen molar-refractivity contribution < 1.29 is 52.3 Å². The summed E-state index contributed by atoms with van der Waals surface area (Å²) in [5, 5.41) is 3.70. The molecule has 0 spiro atoms. The lowest BCUT2D eigenvalue weighted by atomic mass is 9.97. The number of hydrogen-bond donors (Lipinski definition) is 1. The highest BCUT2D eigenvalue weighted by atomic mass is 16.7. The first kappa shape index (κ1) is 31.3. The van der Waals surface area contributed by atoms with Gasteiger partial charge in [0.25, 0.3) is 5.56 Å². The lowest BCUT2D eigenvalue weighted by Gasteiger charge is -2.43. The van der Waals surface area contributed by atoms with Crippen molar-refractivity contribution in [3.63, 3.8) is 0 Å². The van der Waals surface area contributed by atoms with Crippen molar-refractivity contribution in [2.75, 3.05) is 13.7 Å². The van der Waals surface area contributed by atoms with E-state index in [4.69, 9.17) is 38.7 Å². The van der Waals surface area contributed by atoms with Gasteiger partial charge < -0.3 is 33.2 Å². The molecule has 18 heteroatoms. The summed E-state index contributed by atoms with van der Waals surface area (Å²) in [7, 11) is 1.04. The second kappa shape index (κ2) is 13.4. The Hall–Kier alpha value is -4.25. The Balaban J connectivity index is 1.91. The molecule has 0 saturated carbocycles. The number of aromatic nitrogens is 2. The van der Waals surface area contributed by atoms with E-state index < -0.39 is 90.8 Å². The van der Waals surface area contributed by atoms with Crippen LogP contribution < -0.4 is 11.2 Å². The number of H-pyrrole nitrogens is 1. The van der Waals surface area contributed by atoms with Crippen LogP contribution >= 0.6 is 0 Å². The highest BCUT2D eigenvalue weighted by Gasteiger charge is 2.55. The van der Waals surface area contributed by atoms with Crippen molar-refractivity contribution in [3.05, 3.63) is 43.0 Å². The molecule has 2 fully saturated rings. The third-order valence-corrected chi connectivity index (χ3v) is 6.12. The van der Waals surface area contributed by atoms with Crippen LogP contribution in [-0.4, -0.2) is 90.0 Å². The fourth-order valence-electron chi connectivity index (χ4n) is 4.43. The Kier molecular flexibility index (Phi) is 10.2. The zero-order valence-electron chi connectivity index (χ0n) is 22.7. The molecular formula is C23H29N5O13. The smallest absolute Gasteiger partial charge is 0.339 e. The molecule has 0 bridgehead atoms. The number of nitrogens with zero attached hydrogens (tertiary/aromatic N) is 4. The molecule has 0 aromatic carbocycles. The van der Waals surface area contributed by atoms with Crippen molar-refractivity contribution in [1.82, 2.24) is 9.55 Å². The first-order chi connectivity index (χ1) is 19.4.